The smallest absolute Gasteiger partial charge is 0.290 e. The minimum Gasteiger partial charge on any atom is -0.308 e. The molecule has 2 aliphatic rings. The van der Waals surface area contributed by atoms with Crippen LogP contribution in [0.15, 0.2) is 29.2 Å². The molecule has 0 saturated carbocycles. The number of nitrogens with one attached hydrogen (secondary N) is 1. The van der Waals surface area contributed by atoms with Crippen molar-refractivity contribution in [1.29, 1.82) is 0 Å². The summed E-state index contributed by atoms with van der Waals surface area (Å²) in [5, 5.41) is 1.80. The molecule has 120 valence electrons. The van der Waals surface area contributed by atoms with Crippen molar-refractivity contribution in [2.75, 3.05) is 11.4 Å². The Balaban J connectivity index is 1.94. The third kappa shape index (κ3) is 2.91. The molecule has 5 nitrogen and oxygen atoms in total. The van der Waals surface area contributed by atoms with Gasteiger partial charge in [0.15, 0.2) is 0 Å². The Morgan fingerprint density at radius 3 is 2.57 bits per heavy atom. The largest absolute Gasteiger partial charge is 0.308 e. The van der Waals surface area contributed by atoms with Gasteiger partial charge in [0.05, 0.1) is 16.2 Å². The molecule has 0 unspecified atom stereocenters. The quantitative estimate of drug-likeness (QED) is 0.664. The Kier molecular flexibility index (Phi) is 4.52. The summed E-state index contributed by atoms with van der Waals surface area (Å²) < 4.78 is 0. The van der Waals surface area contributed by atoms with E-state index in [2.05, 4.69) is 12.2 Å². The lowest BCUT2D eigenvalue weighted by molar-refractivity contribution is -0.116. The lowest BCUT2D eigenvalue weighted by Gasteiger charge is -2.16. The number of anilines is 1. The highest BCUT2D eigenvalue weighted by molar-refractivity contribution is 8.18. The van der Waals surface area contributed by atoms with E-state index >= 15 is 0 Å². The van der Waals surface area contributed by atoms with Crippen LogP contribution >= 0.6 is 11.8 Å². The molecule has 3 amide bonds. The van der Waals surface area contributed by atoms with Gasteiger partial charge in [-0.1, -0.05) is 44.4 Å². The molecule has 23 heavy (non-hydrogen) atoms. The van der Waals surface area contributed by atoms with Gasteiger partial charge < -0.3 is 4.90 Å². The van der Waals surface area contributed by atoms with Gasteiger partial charge in [-0.05, 0) is 24.2 Å². The van der Waals surface area contributed by atoms with Crippen molar-refractivity contribution in [1.82, 2.24) is 5.32 Å². The van der Waals surface area contributed by atoms with E-state index in [4.69, 9.17) is 0 Å². The third-order valence-electron chi connectivity index (χ3n) is 4.00. The molecule has 1 saturated heterocycles. The lowest BCUT2D eigenvalue weighted by atomic mass is 10.1. The summed E-state index contributed by atoms with van der Waals surface area (Å²) in [5.41, 5.74) is 1.91. The summed E-state index contributed by atoms with van der Waals surface area (Å²) in [4.78, 5) is 38.2. The Hall–Kier alpha value is -2.08. The number of imide groups is 1. The molecular weight excluding hydrogens is 312 g/mol. The van der Waals surface area contributed by atoms with Crippen LogP contribution in [-0.2, 0) is 9.59 Å². The minimum atomic E-state index is -0.481. The van der Waals surface area contributed by atoms with E-state index < -0.39 is 11.1 Å². The molecule has 3 rings (SSSR count). The molecule has 0 spiro atoms. The highest BCUT2D eigenvalue weighted by Gasteiger charge is 2.39. The number of rotatable bonds is 5. The van der Waals surface area contributed by atoms with Crippen molar-refractivity contribution in [2.45, 2.75) is 32.6 Å². The second kappa shape index (κ2) is 6.58. The average Bonchev–Trinajstić information content (AvgIpc) is 3.00. The van der Waals surface area contributed by atoms with Crippen LogP contribution in [0.2, 0.25) is 0 Å². The second-order valence-electron chi connectivity index (χ2n) is 5.58. The summed E-state index contributed by atoms with van der Waals surface area (Å²) in [5.74, 6) is -0.666. The Labute approximate surface area is 139 Å². The molecule has 1 N–H and O–H groups in total. The molecule has 0 atom stereocenters. The maximum atomic E-state index is 12.8. The molecule has 0 bridgehead atoms. The van der Waals surface area contributed by atoms with Crippen LogP contribution in [0, 0.1) is 0 Å². The summed E-state index contributed by atoms with van der Waals surface area (Å²) in [6.07, 6.45) is 4.28. The van der Waals surface area contributed by atoms with Crippen LogP contribution in [0.25, 0.3) is 5.57 Å². The zero-order valence-corrected chi connectivity index (χ0v) is 13.7. The van der Waals surface area contributed by atoms with Gasteiger partial charge in [-0.2, -0.15) is 0 Å². The Morgan fingerprint density at radius 2 is 1.87 bits per heavy atom. The Morgan fingerprint density at radius 1 is 1.09 bits per heavy atom. The number of nitrogens with zero attached hydrogens (tertiary/aromatic N) is 1. The first kappa shape index (κ1) is 15.8. The van der Waals surface area contributed by atoms with E-state index in [-0.39, 0.29) is 10.8 Å². The normalized spacial score (nSPS) is 20.2. The van der Waals surface area contributed by atoms with Crippen LogP contribution in [-0.4, -0.2) is 23.6 Å². The predicted octanol–water partition coefficient (Wildman–Crippen LogP) is 3.31. The first-order valence-corrected chi connectivity index (χ1v) is 8.64. The van der Waals surface area contributed by atoms with Gasteiger partial charge >= 0.3 is 0 Å². The molecule has 1 aromatic rings. The topological polar surface area (TPSA) is 66.5 Å². The van der Waals surface area contributed by atoms with Crippen LogP contribution in [0.4, 0.5) is 10.5 Å². The summed E-state index contributed by atoms with van der Waals surface area (Å²) in [6.45, 7) is 2.78. The number of hydrogen-bond acceptors (Lipinski definition) is 4. The summed E-state index contributed by atoms with van der Waals surface area (Å²) in [7, 11) is 0. The van der Waals surface area contributed by atoms with Crippen molar-refractivity contribution in [3.8, 4) is 0 Å². The first-order chi connectivity index (χ1) is 11.1. The Bertz CT molecular complexity index is 712. The maximum Gasteiger partial charge on any atom is 0.290 e. The molecule has 1 fully saturated rings. The number of carbonyl (C=O) groups excluding carboxylic acids is 3. The SMILES string of the molecule is CCCCCCN1C(=O)C(=C2SC(=O)NC2=O)c2ccccc21. The number of benzene rings is 1. The highest BCUT2D eigenvalue weighted by Crippen LogP contribution is 2.42. The van der Waals surface area contributed by atoms with E-state index in [1.165, 1.54) is 0 Å². The van der Waals surface area contributed by atoms with Crippen LogP contribution in [0.5, 0.6) is 0 Å². The fraction of sp³-hybridized carbons (Fsp3) is 0.353. The van der Waals surface area contributed by atoms with E-state index in [1.807, 2.05) is 24.3 Å². The van der Waals surface area contributed by atoms with E-state index in [1.54, 1.807) is 4.90 Å². The van der Waals surface area contributed by atoms with Crippen LogP contribution < -0.4 is 10.2 Å². The summed E-state index contributed by atoms with van der Waals surface area (Å²) in [6, 6.07) is 7.44. The average molecular weight is 330 g/mol. The molecule has 1 aromatic carbocycles. The van der Waals surface area contributed by atoms with Crippen LogP contribution in [0.3, 0.4) is 0 Å². The molecule has 0 aliphatic carbocycles. The number of carbonyl (C=O) groups is 3. The van der Waals surface area contributed by atoms with Gasteiger partial charge in [0.25, 0.3) is 17.1 Å². The van der Waals surface area contributed by atoms with Crippen molar-refractivity contribution in [2.24, 2.45) is 0 Å². The number of thioether (sulfide) groups is 1. The highest BCUT2D eigenvalue weighted by atomic mass is 32.2. The number of hydrogen-bond donors (Lipinski definition) is 1. The molecule has 2 heterocycles. The zero-order chi connectivity index (χ0) is 16.4. The standard InChI is InChI=1S/C17H18N2O3S/c1-2-3-4-7-10-19-12-9-6-5-8-11(12)13(16(19)21)14-15(20)18-17(22)23-14/h5-6,8-9H,2-4,7,10H2,1H3,(H,18,20,22). The minimum absolute atomic E-state index is 0.185. The first-order valence-electron chi connectivity index (χ1n) is 7.82. The number of unbranched alkanes of at least 4 members (excludes halogenated alkanes) is 3. The van der Waals surface area contributed by atoms with Gasteiger partial charge in [0.1, 0.15) is 0 Å². The third-order valence-corrected chi connectivity index (χ3v) is 4.88. The summed E-state index contributed by atoms with van der Waals surface area (Å²) >= 11 is 0.805. The van der Waals surface area contributed by atoms with Gasteiger partial charge in [-0.25, -0.2) is 0 Å². The van der Waals surface area contributed by atoms with Gasteiger partial charge in [0.2, 0.25) is 0 Å². The molecule has 2 aliphatic heterocycles. The van der Waals surface area contributed by atoms with Crippen molar-refractivity contribution >= 4 is 40.1 Å². The van der Waals surface area contributed by atoms with E-state index in [0.717, 1.165) is 48.7 Å². The number of fused-ring (bicyclic) bond motifs is 1. The maximum absolute atomic E-state index is 12.8. The fourth-order valence-corrected chi connectivity index (χ4v) is 3.67. The van der Waals surface area contributed by atoms with Crippen molar-refractivity contribution in [3.63, 3.8) is 0 Å². The lowest BCUT2D eigenvalue weighted by Crippen LogP contribution is -2.28. The van der Waals surface area contributed by atoms with E-state index in [0.29, 0.717) is 12.1 Å². The monoisotopic (exact) mass is 330 g/mol. The van der Waals surface area contributed by atoms with Gasteiger partial charge in [0, 0.05) is 12.1 Å². The van der Waals surface area contributed by atoms with E-state index in [9.17, 15) is 14.4 Å². The molecular formula is C17H18N2O3S. The molecule has 0 radical (unpaired) electrons. The van der Waals surface area contributed by atoms with Crippen molar-refractivity contribution < 1.29 is 14.4 Å². The van der Waals surface area contributed by atoms with Gasteiger partial charge in [-0.3, -0.25) is 19.7 Å². The molecule has 6 heteroatoms. The fourth-order valence-electron chi connectivity index (χ4n) is 2.90. The van der Waals surface area contributed by atoms with Crippen molar-refractivity contribution in [3.05, 3.63) is 34.7 Å². The second-order valence-corrected chi connectivity index (χ2v) is 6.57. The van der Waals surface area contributed by atoms with Crippen LogP contribution in [0.1, 0.15) is 38.2 Å². The predicted molar refractivity (Wildman–Crippen MR) is 91.0 cm³/mol. The molecule has 0 aromatic heterocycles. The zero-order valence-electron chi connectivity index (χ0n) is 12.9. The van der Waals surface area contributed by atoms with Gasteiger partial charge in [-0.15, -0.1) is 0 Å². The number of amides is 3. The number of para-hydroxylation sites is 1.